The predicted octanol–water partition coefficient (Wildman–Crippen LogP) is 3.61. The van der Waals surface area contributed by atoms with Crippen LogP contribution in [0.15, 0.2) is 64.3 Å². The summed E-state index contributed by atoms with van der Waals surface area (Å²) < 4.78 is 8.50. The van der Waals surface area contributed by atoms with Gasteiger partial charge in [0.1, 0.15) is 11.7 Å². The van der Waals surface area contributed by atoms with Gasteiger partial charge in [-0.05, 0) is 56.2 Å². The van der Waals surface area contributed by atoms with E-state index in [0.29, 0.717) is 22.7 Å². The maximum absolute atomic E-state index is 13.0. The molecule has 31 heavy (non-hydrogen) atoms. The molecule has 2 aromatic carbocycles. The van der Waals surface area contributed by atoms with Crippen LogP contribution in [0.2, 0.25) is 0 Å². The third kappa shape index (κ3) is 3.52. The van der Waals surface area contributed by atoms with Crippen molar-refractivity contribution >= 4 is 11.0 Å². The minimum atomic E-state index is -0.206. The fraction of sp³-hybridized carbons (Fsp3) is 0.174. The van der Waals surface area contributed by atoms with Gasteiger partial charge >= 0.3 is 0 Å². The summed E-state index contributed by atoms with van der Waals surface area (Å²) in [6.07, 6.45) is 3.04. The number of nitrogens with zero attached hydrogens (tertiary/aromatic N) is 6. The highest BCUT2D eigenvalue weighted by atomic mass is 16.5. The van der Waals surface area contributed by atoms with Crippen molar-refractivity contribution in [2.45, 2.75) is 27.3 Å². The van der Waals surface area contributed by atoms with Crippen LogP contribution in [-0.4, -0.2) is 29.5 Å². The maximum atomic E-state index is 13.0. The molecule has 0 unspecified atom stereocenters. The van der Waals surface area contributed by atoms with Crippen LogP contribution in [0.3, 0.4) is 0 Å². The molecule has 8 heteroatoms. The number of fused-ring (bicyclic) bond motifs is 1. The van der Waals surface area contributed by atoms with Crippen LogP contribution in [0, 0.1) is 20.8 Å². The Balaban J connectivity index is 1.47. The first-order valence-electron chi connectivity index (χ1n) is 9.89. The van der Waals surface area contributed by atoms with Gasteiger partial charge in [0.2, 0.25) is 0 Å². The molecule has 8 nitrogen and oxygen atoms in total. The zero-order valence-electron chi connectivity index (χ0n) is 17.4. The van der Waals surface area contributed by atoms with Crippen molar-refractivity contribution in [1.29, 1.82) is 0 Å². The van der Waals surface area contributed by atoms with Crippen molar-refractivity contribution < 1.29 is 4.52 Å². The Bertz CT molecular complexity index is 1440. The van der Waals surface area contributed by atoms with Gasteiger partial charge in [0, 0.05) is 5.56 Å². The fourth-order valence-electron chi connectivity index (χ4n) is 3.61. The van der Waals surface area contributed by atoms with Crippen LogP contribution in [0.25, 0.3) is 28.2 Å². The smallest absolute Gasteiger partial charge is 0.264 e. The number of aryl methyl sites for hydroxylation is 3. The van der Waals surface area contributed by atoms with Crippen molar-refractivity contribution in [1.82, 2.24) is 29.5 Å². The summed E-state index contributed by atoms with van der Waals surface area (Å²) in [5, 5.41) is 8.84. The Labute approximate surface area is 177 Å². The average molecular weight is 412 g/mol. The van der Waals surface area contributed by atoms with E-state index in [4.69, 9.17) is 4.52 Å². The molecule has 0 bridgehead atoms. The fourth-order valence-corrected chi connectivity index (χ4v) is 3.61. The molecule has 5 rings (SSSR count). The van der Waals surface area contributed by atoms with Gasteiger partial charge in [-0.25, -0.2) is 9.67 Å². The highest BCUT2D eigenvalue weighted by molar-refractivity contribution is 5.75. The van der Waals surface area contributed by atoms with Gasteiger partial charge in [-0.3, -0.25) is 9.36 Å². The van der Waals surface area contributed by atoms with E-state index in [1.807, 2.05) is 57.2 Å². The molecule has 0 atom stereocenters. The van der Waals surface area contributed by atoms with Crippen LogP contribution in [-0.2, 0) is 6.54 Å². The first-order valence-corrected chi connectivity index (χ1v) is 9.89. The lowest BCUT2D eigenvalue weighted by Gasteiger charge is -2.07. The van der Waals surface area contributed by atoms with Crippen molar-refractivity contribution in [3.63, 3.8) is 0 Å². The molecule has 0 saturated carbocycles. The Morgan fingerprint density at radius 2 is 1.71 bits per heavy atom. The lowest BCUT2D eigenvalue weighted by Crippen LogP contribution is -2.21. The van der Waals surface area contributed by atoms with Gasteiger partial charge in [0.25, 0.3) is 11.4 Å². The monoisotopic (exact) mass is 412 g/mol. The minimum Gasteiger partial charge on any atom is -0.334 e. The normalized spacial score (nSPS) is 11.3. The third-order valence-electron chi connectivity index (χ3n) is 5.08. The first-order chi connectivity index (χ1) is 15.0. The van der Waals surface area contributed by atoms with Gasteiger partial charge in [-0.15, -0.1) is 0 Å². The van der Waals surface area contributed by atoms with Gasteiger partial charge < -0.3 is 4.52 Å². The van der Waals surface area contributed by atoms with Gasteiger partial charge in [-0.2, -0.15) is 10.1 Å². The second-order valence-corrected chi connectivity index (χ2v) is 7.70. The van der Waals surface area contributed by atoms with Crippen molar-refractivity contribution in [3.8, 4) is 17.1 Å². The molecular weight excluding hydrogens is 392 g/mol. The lowest BCUT2D eigenvalue weighted by atomic mass is 10.1. The molecule has 0 spiro atoms. The summed E-state index contributed by atoms with van der Waals surface area (Å²) >= 11 is 0. The molecular formula is C23H20N6O2. The molecule has 0 fully saturated rings. The van der Waals surface area contributed by atoms with E-state index in [0.717, 1.165) is 27.9 Å². The van der Waals surface area contributed by atoms with E-state index in [-0.39, 0.29) is 12.1 Å². The van der Waals surface area contributed by atoms with Gasteiger partial charge in [-0.1, -0.05) is 28.9 Å². The first kappa shape index (κ1) is 18.9. The highest BCUT2D eigenvalue weighted by Gasteiger charge is 2.14. The van der Waals surface area contributed by atoms with Crippen LogP contribution in [0.4, 0.5) is 0 Å². The predicted molar refractivity (Wildman–Crippen MR) is 116 cm³/mol. The van der Waals surface area contributed by atoms with E-state index in [9.17, 15) is 4.79 Å². The number of aromatic nitrogens is 6. The van der Waals surface area contributed by atoms with Crippen LogP contribution in [0.1, 0.15) is 22.5 Å². The molecule has 5 aromatic rings. The van der Waals surface area contributed by atoms with E-state index in [2.05, 4.69) is 26.3 Å². The SMILES string of the molecule is Cc1ccc(-c2nc(Cn3cnc4c(cnn4-c4cc(C)cc(C)c4)c3=O)no2)cc1. The Morgan fingerprint density at radius 1 is 0.968 bits per heavy atom. The largest absolute Gasteiger partial charge is 0.334 e. The van der Waals surface area contributed by atoms with E-state index in [1.54, 1.807) is 10.9 Å². The van der Waals surface area contributed by atoms with Crippen molar-refractivity contribution in [3.05, 3.63) is 87.9 Å². The lowest BCUT2D eigenvalue weighted by molar-refractivity contribution is 0.420. The van der Waals surface area contributed by atoms with E-state index < -0.39 is 0 Å². The summed E-state index contributed by atoms with van der Waals surface area (Å²) in [7, 11) is 0. The Morgan fingerprint density at radius 3 is 2.45 bits per heavy atom. The van der Waals surface area contributed by atoms with Crippen LogP contribution >= 0.6 is 0 Å². The number of benzene rings is 2. The molecule has 0 aliphatic carbocycles. The minimum absolute atomic E-state index is 0.159. The van der Waals surface area contributed by atoms with Gasteiger partial charge in [0.15, 0.2) is 11.5 Å². The maximum Gasteiger partial charge on any atom is 0.264 e. The molecule has 0 amide bonds. The topological polar surface area (TPSA) is 91.6 Å². The average Bonchev–Trinajstić information content (AvgIpc) is 3.37. The molecule has 154 valence electrons. The summed E-state index contributed by atoms with van der Waals surface area (Å²) in [4.78, 5) is 21.9. The van der Waals surface area contributed by atoms with Crippen LogP contribution < -0.4 is 5.56 Å². The highest BCUT2D eigenvalue weighted by Crippen LogP contribution is 2.19. The molecule has 3 heterocycles. The molecule has 3 aromatic heterocycles. The number of rotatable bonds is 4. The zero-order chi connectivity index (χ0) is 21.5. The molecule has 0 saturated heterocycles. The molecule has 0 aliphatic heterocycles. The van der Waals surface area contributed by atoms with Crippen molar-refractivity contribution in [2.24, 2.45) is 0 Å². The van der Waals surface area contributed by atoms with E-state index >= 15 is 0 Å². The van der Waals surface area contributed by atoms with Crippen LogP contribution in [0.5, 0.6) is 0 Å². The molecule has 0 radical (unpaired) electrons. The number of hydrogen-bond donors (Lipinski definition) is 0. The summed E-state index contributed by atoms with van der Waals surface area (Å²) in [6.45, 7) is 6.23. The summed E-state index contributed by atoms with van der Waals surface area (Å²) in [5.41, 5.74) is 5.40. The Kier molecular flexibility index (Phi) is 4.47. The van der Waals surface area contributed by atoms with E-state index in [1.165, 1.54) is 10.9 Å². The van der Waals surface area contributed by atoms with Gasteiger partial charge in [0.05, 0.1) is 18.4 Å². The number of hydrogen-bond acceptors (Lipinski definition) is 6. The molecule has 0 aliphatic rings. The summed E-state index contributed by atoms with van der Waals surface area (Å²) in [6, 6.07) is 13.9. The Hall–Kier alpha value is -4.07. The summed E-state index contributed by atoms with van der Waals surface area (Å²) in [5.74, 6) is 0.820. The second-order valence-electron chi connectivity index (χ2n) is 7.70. The zero-order valence-corrected chi connectivity index (χ0v) is 17.4. The second kappa shape index (κ2) is 7.32. The standard InChI is InChI=1S/C23H20N6O2/c1-14-4-6-17(7-5-14)22-26-20(27-31-22)12-28-13-24-21-19(23(28)30)11-25-29(21)18-9-15(2)8-16(3)10-18/h4-11,13H,12H2,1-3H3. The van der Waals surface area contributed by atoms with Crippen molar-refractivity contribution in [2.75, 3.05) is 0 Å². The third-order valence-corrected chi connectivity index (χ3v) is 5.08. The molecule has 0 N–H and O–H groups in total. The quantitative estimate of drug-likeness (QED) is 0.448.